The molecule has 0 aliphatic heterocycles. The molecular weight excluding hydrogens is 316 g/mol. The number of hydrogen-bond acceptors (Lipinski definition) is 0. The van der Waals surface area contributed by atoms with E-state index in [1.54, 1.807) is 4.57 Å². The second-order valence-corrected chi connectivity index (χ2v) is 6.41. The first kappa shape index (κ1) is 9.83. The number of hydrogen-bond donors (Lipinski definition) is 1. The highest BCUT2D eigenvalue weighted by molar-refractivity contribution is 6.18. The summed E-state index contributed by atoms with van der Waals surface area (Å²) in [5, 5.41) is 4.03. The average molecular weight is 337 g/mol. The lowest BCUT2D eigenvalue weighted by molar-refractivity contribution is 1.18. The minimum absolute atomic E-state index is 0.163. The Bertz CT molecular complexity index is 1660. The van der Waals surface area contributed by atoms with E-state index in [4.69, 9.17) is 6.85 Å². The number of nitrogens with one attached hydrogen (secondary N) is 1. The molecule has 1 N–H and O–H groups in total. The van der Waals surface area contributed by atoms with E-state index in [0.29, 0.717) is 0 Å². The molecule has 0 saturated heterocycles. The highest BCUT2D eigenvalue weighted by Gasteiger charge is 2.14. The van der Waals surface area contributed by atoms with Gasteiger partial charge in [-0.25, -0.2) is 0 Å². The Labute approximate surface area is 157 Å². The van der Waals surface area contributed by atoms with Crippen LogP contribution in [-0.4, -0.2) is 9.55 Å². The third kappa shape index (κ3) is 1.76. The second-order valence-electron chi connectivity index (χ2n) is 6.41. The first-order chi connectivity index (χ1) is 15.0. The van der Waals surface area contributed by atoms with Crippen molar-refractivity contribution in [2.24, 2.45) is 0 Å². The molecule has 0 fully saturated rings. The fourth-order valence-electron chi connectivity index (χ4n) is 3.91. The summed E-state index contributed by atoms with van der Waals surface area (Å²) < 4.78 is 43.1. The van der Waals surface area contributed by atoms with E-state index >= 15 is 0 Å². The highest BCUT2D eigenvalue weighted by Crippen LogP contribution is 2.36. The van der Waals surface area contributed by atoms with Crippen molar-refractivity contribution in [2.45, 2.75) is 0 Å². The van der Waals surface area contributed by atoms with E-state index in [1.165, 1.54) is 0 Å². The molecule has 6 rings (SSSR count). The lowest BCUT2D eigenvalue weighted by Crippen LogP contribution is -1.92. The minimum atomic E-state index is -0.390. The van der Waals surface area contributed by atoms with E-state index in [1.807, 2.05) is 48.5 Å². The molecule has 2 heteroatoms. The van der Waals surface area contributed by atoms with Crippen LogP contribution in [-0.2, 0) is 0 Å². The summed E-state index contributed by atoms with van der Waals surface area (Å²) in [6.07, 6.45) is 0. The summed E-state index contributed by atoms with van der Waals surface area (Å²) in [5.41, 5.74) is 3.79. The van der Waals surface area contributed by atoms with Gasteiger partial charge in [-0.05, 0) is 36.4 Å². The summed E-state index contributed by atoms with van der Waals surface area (Å²) >= 11 is 0. The van der Waals surface area contributed by atoms with Crippen molar-refractivity contribution in [3.05, 3.63) is 90.9 Å². The van der Waals surface area contributed by atoms with Crippen LogP contribution in [0.25, 0.3) is 49.3 Å². The number of aromatic amines is 1. The Morgan fingerprint density at radius 1 is 0.654 bits per heavy atom. The van der Waals surface area contributed by atoms with Crippen molar-refractivity contribution in [1.82, 2.24) is 9.55 Å². The number of H-pyrrole nitrogens is 1. The predicted octanol–water partition coefficient (Wildman–Crippen LogP) is 6.42. The molecule has 2 nitrogen and oxygen atoms in total. The standard InChI is InChI=1S/C24H16N2/c1-2-8-16(9-3-1)26-23-13-7-5-11-18(23)20-14-22-19(15-24(20)26)17-10-4-6-12-21(17)25-22/h1-15,25H/i1D,2D,3D,8D,9D. The van der Waals surface area contributed by atoms with Gasteiger partial charge in [-0.15, -0.1) is 0 Å². The Morgan fingerprint density at radius 2 is 1.42 bits per heavy atom. The van der Waals surface area contributed by atoms with E-state index in [9.17, 15) is 0 Å². The molecule has 0 radical (unpaired) electrons. The fraction of sp³-hybridized carbons (Fsp3) is 0. The van der Waals surface area contributed by atoms with Crippen molar-refractivity contribution >= 4 is 43.6 Å². The van der Waals surface area contributed by atoms with Crippen molar-refractivity contribution in [1.29, 1.82) is 0 Å². The van der Waals surface area contributed by atoms with Crippen molar-refractivity contribution in [3.8, 4) is 5.69 Å². The van der Waals surface area contributed by atoms with E-state index in [0.717, 1.165) is 43.6 Å². The third-order valence-electron chi connectivity index (χ3n) is 5.01. The molecule has 0 atom stereocenters. The van der Waals surface area contributed by atoms with Gasteiger partial charge in [0, 0.05) is 38.3 Å². The number of nitrogens with zero attached hydrogens (tertiary/aromatic N) is 1. The summed E-state index contributed by atoms with van der Waals surface area (Å²) in [4.78, 5) is 3.46. The van der Waals surface area contributed by atoms with E-state index in [-0.39, 0.29) is 29.9 Å². The second kappa shape index (κ2) is 4.99. The molecule has 0 spiro atoms. The molecule has 0 unspecified atom stereocenters. The van der Waals surface area contributed by atoms with Crippen LogP contribution in [0.4, 0.5) is 0 Å². The maximum Gasteiger partial charge on any atom is 0.0645 e. The molecule has 122 valence electrons. The molecule has 2 aromatic heterocycles. The Hall–Kier alpha value is -3.52. The van der Waals surface area contributed by atoms with E-state index in [2.05, 4.69) is 17.1 Å². The van der Waals surface area contributed by atoms with Crippen LogP contribution in [0, 0.1) is 0 Å². The fourth-order valence-corrected chi connectivity index (χ4v) is 3.91. The number of rotatable bonds is 1. The van der Waals surface area contributed by atoms with Gasteiger partial charge in [0.05, 0.1) is 17.9 Å². The SMILES string of the molecule is [2H]c1c([2H])c([2H])c(-n2c3ccccc3c3cc4[nH]c5ccccc5c4cc32)c([2H])c1[2H]. The zero-order valence-electron chi connectivity index (χ0n) is 18.7. The monoisotopic (exact) mass is 337 g/mol. The Kier molecular flexibility index (Phi) is 1.89. The predicted molar refractivity (Wildman–Crippen MR) is 110 cm³/mol. The van der Waals surface area contributed by atoms with Gasteiger partial charge in [0.1, 0.15) is 0 Å². The quantitative estimate of drug-likeness (QED) is 0.357. The maximum absolute atomic E-state index is 8.53. The maximum atomic E-state index is 8.53. The van der Waals surface area contributed by atoms with Crippen LogP contribution >= 0.6 is 0 Å². The van der Waals surface area contributed by atoms with Crippen LogP contribution < -0.4 is 0 Å². The zero-order valence-corrected chi connectivity index (χ0v) is 13.7. The summed E-state index contributed by atoms with van der Waals surface area (Å²) in [6, 6.07) is 18.5. The molecule has 0 amide bonds. The number of benzene rings is 4. The molecule has 0 aliphatic rings. The lowest BCUT2D eigenvalue weighted by Gasteiger charge is -2.07. The molecule has 0 bridgehead atoms. The first-order valence-electron chi connectivity index (χ1n) is 11.0. The largest absolute Gasteiger partial charge is 0.354 e. The van der Waals surface area contributed by atoms with Crippen LogP contribution in [0.3, 0.4) is 0 Å². The van der Waals surface area contributed by atoms with Gasteiger partial charge in [-0.2, -0.15) is 0 Å². The summed E-state index contributed by atoms with van der Waals surface area (Å²) in [6.45, 7) is 0. The van der Waals surface area contributed by atoms with Crippen LogP contribution in [0.5, 0.6) is 0 Å². The van der Waals surface area contributed by atoms with Gasteiger partial charge in [0.2, 0.25) is 0 Å². The summed E-state index contributed by atoms with van der Waals surface area (Å²) in [7, 11) is 0. The molecule has 0 saturated carbocycles. The number of aromatic nitrogens is 2. The smallest absolute Gasteiger partial charge is 0.0645 e. The Balaban J connectivity index is 1.86. The highest BCUT2D eigenvalue weighted by atomic mass is 15.0. The molecule has 0 aliphatic carbocycles. The van der Waals surface area contributed by atoms with Gasteiger partial charge in [-0.1, -0.05) is 54.5 Å². The van der Waals surface area contributed by atoms with Gasteiger partial charge < -0.3 is 9.55 Å². The normalized spacial score (nSPS) is 14.5. The average Bonchev–Trinajstić information content (AvgIpc) is 3.31. The van der Waals surface area contributed by atoms with Crippen molar-refractivity contribution in [2.75, 3.05) is 0 Å². The number of fused-ring (bicyclic) bond motifs is 6. The van der Waals surface area contributed by atoms with Gasteiger partial charge in [0.25, 0.3) is 0 Å². The van der Waals surface area contributed by atoms with Gasteiger partial charge in [-0.3, -0.25) is 0 Å². The van der Waals surface area contributed by atoms with Crippen molar-refractivity contribution in [3.63, 3.8) is 0 Å². The molecule has 2 heterocycles. The number of para-hydroxylation sites is 3. The van der Waals surface area contributed by atoms with Crippen LogP contribution in [0.1, 0.15) is 6.85 Å². The minimum Gasteiger partial charge on any atom is -0.354 e. The third-order valence-corrected chi connectivity index (χ3v) is 5.01. The van der Waals surface area contributed by atoms with Gasteiger partial charge in [0.15, 0.2) is 0 Å². The zero-order chi connectivity index (χ0) is 21.4. The van der Waals surface area contributed by atoms with Crippen molar-refractivity contribution < 1.29 is 6.85 Å². The lowest BCUT2D eigenvalue weighted by atomic mass is 10.1. The molecular formula is C24H16N2. The molecule has 4 aromatic carbocycles. The Morgan fingerprint density at radius 3 is 2.31 bits per heavy atom. The first-order valence-corrected chi connectivity index (χ1v) is 8.48. The summed E-state index contributed by atoms with van der Waals surface area (Å²) in [5.74, 6) is 0. The van der Waals surface area contributed by atoms with Crippen LogP contribution in [0.2, 0.25) is 0 Å². The van der Waals surface area contributed by atoms with Crippen LogP contribution in [0.15, 0.2) is 90.9 Å². The van der Waals surface area contributed by atoms with Gasteiger partial charge >= 0.3 is 0 Å². The van der Waals surface area contributed by atoms with E-state index < -0.39 is 6.04 Å². The molecule has 26 heavy (non-hydrogen) atoms. The molecule has 6 aromatic rings. The topological polar surface area (TPSA) is 20.7 Å².